The number of carboxylic acids is 1. The molecule has 2 aliphatic rings. The minimum absolute atomic E-state index is 0.111. The number of amides is 2. The maximum Gasteiger partial charge on any atom is 0.327 e. The van der Waals surface area contributed by atoms with E-state index in [1.807, 2.05) is 30.3 Å². The highest BCUT2D eigenvalue weighted by molar-refractivity contribution is 8.01. The number of fused-ring (bicyclic) bond motifs is 1. The average Bonchev–Trinajstić information content (AvgIpc) is 2.84. The van der Waals surface area contributed by atoms with Crippen LogP contribution in [0.5, 0.6) is 0 Å². The van der Waals surface area contributed by atoms with Crippen molar-refractivity contribution in [3.63, 3.8) is 0 Å². The van der Waals surface area contributed by atoms with Gasteiger partial charge in [0.25, 0.3) is 0 Å². The molecular weight excluding hydrogens is 352 g/mol. The molecule has 0 radical (unpaired) electrons. The van der Waals surface area contributed by atoms with Crippen molar-refractivity contribution in [2.45, 2.75) is 35.5 Å². The SMILES string of the molecule is C[C@@]1(CCl)S[C@H]2[C@H](NC(=O)Cc3ccccc3)C(=O)N2[C@H]1C(=O)O. The second-order valence-electron chi connectivity index (χ2n) is 6.15. The summed E-state index contributed by atoms with van der Waals surface area (Å²) in [5, 5.41) is 11.8. The topological polar surface area (TPSA) is 86.7 Å². The van der Waals surface area contributed by atoms with Crippen LogP contribution in [0.2, 0.25) is 0 Å². The van der Waals surface area contributed by atoms with Crippen molar-refractivity contribution in [2.75, 3.05) is 5.88 Å². The van der Waals surface area contributed by atoms with Crippen LogP contribution in [0.25, 0.3) is 0 Å². The number of nitrogens with one attached hydrogen (secondary N) is 1. The van der Waals surface area contributed by atoms with Gasteiger partial charge in [0.05, 0.1) is 11.2 Å². The number of carboxylic acid groups (broad SMARTS) is 1. The average molecular weight is 369 g/mol. The summed E-state index contributed by atoms with van der Waals surface area (Å²) in [5.74, 6) is -1.59. The number of thioether (sulfide) groups is 1. The zero-order valence-electron chi connectivity index (χ0n) is 12.9. The number of alkyl halides is 1. The molecule has 2 aliphatic heterocycles. The summed E-state index contributed by atoms with van der Waals surface area (Å²) in [7, 11) is 0. The molecule has 0 unspecified atom stereocenters. The second kappa shape index (κ2) is 6.29. The van der Waals surface area contributed by atoms with Crippen molar-refractivity contribution in [3.05, 3.63) is 35.9 Å². The first-order valence-electron chi connectivity index (χ1n) is 7.49. The first-order chi connectivity index (χ1) is 11.4. The van der Waals surface area contributed by atoms with Gasteiger partial charge in [0.15, 0.2) is 0 Å². The van der Waals surface area contributed by atoms with E-state index >= 15 is 0 Å². The molecule has 1 aromatic rings. The third-order valence-electron chi connectivity index (χ3n) is 4.35. The Morgan fingerprint density at radius 1 is 1.38 bits per heavy atom. The minimum Gasteiger partial charge on any atom is -0.480 e. The Bertz CT molecular complexity index is 686. The quantitative estimate of drug-likeness (QED) is 0.600. The zero-order chi connectivity index (χ0) is 17.5. The largest absolute Gasteiger partial charge is 0.480 e. The van der Waals surface area contributed by atoms with Crippen LogP contribution < -0.4 is 5.32 Å². The number of rotatable bonds is 5. The van der Waals surface area contributed by atoms with Gasteiger partial charge in [0.2, 0.25) is 11.8 Å². The van der Waals surface area contributed by atoms with Crippen molar-refractivity contribution >= 4 is 41.1 Å². The van der Waals surface area contributed by atoms with E-state index in [1.54, 1.807) is 6.92 Å². The van der Waals surface area contributed by atoms with E-state index in [9.17, 15) is 19.5 Å². The molecule has 0 aliphatic carbocycles. The van der Waals surface area contributed by atoms with E-state index < -0.39 is 22.8 Å². The van der Waals surface area contributed by atoms with Gasteiger partial charge in [-0.1, -0.05) is 30.3 Å². The lowest BCUT2D eigenvalue weighted by Crippen LogP contribution is -2.70. The van der Waals surface area contributed by atoms with E-state index in [2.05, 4.69) is 5.32 Å². The van der Waals surface area contributed by atoms with Gasteiger partial charge in [0.1, 0.15) is 17.5 Å². The molecule has 2 N–H and O–H groups in total. The van der Waals surface area contributed by atoms with E-state index in [1.165, 1.54) is 16.7 Å². The van der Waals surface area contributed by atoms with E-state index in [-0.39, 0.29) is 29.5 Å². The van der Waals surface area contributed by atoms with Gasteiger partial charge < -0.3 is 15.3 Å². The lowest BCUT2D eigenvalue weighted by molar-refractivity contribution is -0.161. The first-order valence-corrected chi connectivity index (χ1v) is 8.91. The number of nitrogens with zero attached hydrogens (tertiary/aromatic N) is 1. The third-order valence-corrected chi connectivity index (χ3v) is 6.71. The number of aliphatic carboxylic acids is 1. The molecule has 0 aromatic heterocycles. The van der Waals surface area contributed by atoms with E-state index in [4.69, 9.17) is 11.6 Å². The van der Waals surface area contributed by atoms with Crippen molar-refractivity contribution in [2.24, 2.45) is 0 Å². The molecule has 2 saturated heterocycles. The van der Waals surface area contributed by atoms with E-state index in [0.29, 0.717) is 0 Å². The number of β-lactam (4-membered cyclic amide) rings is 1. The summed E-state index contributed by atoms with van der Waals surface area (Å²) in [4.78, 5) is 37.4. The lowest BCUT2D eigenvalue weighted by Gasteiger charge is -2.43. The van der Waals surface area contributed by atoms with Crippen molar-refractivity contribution in [1.82, 2.24) is 10.2 Å². The summed E-state index contributed by atoms with van der Waals surface area (Å²) in [6.07, 6.45) is 0.178. The maximum atomic E-state index is 12.3. The van der Waals surface area contributed by atoms with Gasteiger partial charge >= 0.3 is 5.97 Å². The molecule has 2 fully saturated rings. The van der Waals surface area contributed by atoms with Crippen molar-refractivity contribution in [1.29, 1.82) is 0 Å². The van der Waals surface area contributed by atoms with Gasteiger partial charge in [-0.3, -0.25) is 9.59 Å². The molecule has 24 heavy (non-hydrogen) atoms. The number of carbonyl (C=O) groups excluding carboxylic acids is 2. The Labute approximate surface area is 148 Å². The molecule has 0 saturated carbocycles. The Morgan fingerprint density at radius 2 is 2.04 bits per heavy atom. The fraction of sp³-hybridized carbons (Fsp3) is 0.438. The predicted octanol–water partition coefficient (Wildman–Crippen LogP) is 1.08. The molecule has 128 valence electrons. The van der Waals surface area contributed by atoms with Crippen molar-refractivity contribution < 1.29 is 19.5 Å². The molecular formula is C16H17ClN2O4S. The molecule has 0 bridgehead atoms. The number of halogens is 1. The Morgan fingerprint density at radius 3 is 2.62 bits per heavy atom. The summed E-state index contributed by atoms with van der Waals surface area (Å²) < 4.78 is -0.771. The number of hydrogen-bond acceptors (Lipinski definition) is 4. The summed E-state index contributed by atoms with van der Waals surface area (Å²) in [6, 6.07) is 7.55. The second-order valence-corrected chi connectivity index (χ2v) is 8.07. The maximum absolute atomic E-state index is 12.3. The smallest absolute Gasteiger partial charge is 0.327 e. The van der Waals surface area contributed by atoms with Crippen LogP contribution >= 0.6 is 23.4 Å². The van der Waals surface area contributed by atoms with E-state index in [0.717, 1.165) is 5.56 Å². The molecule has 6 nitrogen and oxygen atoms in total. The highest BCUT2D eigenvalue weighted by atomic mass is 35.5. The first kappa shape index (κ1) is 17.1. The monoisotopic (exact) mass is 368 g/mol. The molecule has 8 heteroatoms. The Kier molecular flexibility index (Phi) is 4.48. The standard InChI is InChI=1S/C16H17ClN2O4S/c1-16(8-17)12(15(22)23)19-13(21)11(14(19)24-16)18-10(20)7-9-5-3-2-4-6-9/h2-6,11-12,14H,7-8H2,1H3,(H,18,20)(H,22,23)/t11-,12+,14+,16+/m1/s1. The highest BCUT2D eigenvalue weighted by Crippen LogP contribution is 2.51. The van der Waals surface area contributed by atoms with Gasteiger partial charge in [0, 0.05) is 5.88 Å². The van der Waals surface area contributed by atoms with Crippen LogP contribution in [0.1, 0.15) is 12.5 Å². The van der Waals surface area contributed by atoms with Gasteiger partial charge in [-0.2, -0.15) is 0 Å². The van der Waals surface area contributed by atoms with Crippen LogP contribution in [0.15, 0.2) is 30.3 Å². The number of carbonyl (C=O) groups is 3. The lowest BCUT2D eigenvalue weighted by atomic mass is 9.95. The third kappa shape index (κ3) is 2.75. The molecule has 0 spiro atoms. The molecule has 1 aromatic carbocycles. The Balaban J connectivity index is 1.69. The Hall–Kier alpha value is -1.73. The summed E-state index contributed by atoms with van der Waals surface area (Å²) >= 11 is 7.28. The fourth-order valence-electron chi connectivity index (χ4n) is 3.14. The van der Waals surface area contributed by atoms with Crippen LogP contribution in [0, 0.1) is 0 Å². The van der Waals surface area contributed by atoms with Crippen LogP contribution in [0.3, 0.4) is 0 Å². The molecule has 2 heterocycles. The molecule has 2 amide bonds. The van der Waals surface area contributed by atoms with Gasteiger partial charge in [-0.05, 0) is 12.5 Å². The fourth-order valence-corrected chi connectivity index (χ4v) is 5.10. The van der Waals surface area contributed by atoms with Gasteiger partial charge in [-0.15, -0.1) is 23.4 Å². The number of hydrogen-bond donors (Lipinski definition) is 2. The van der Waals surface area contributed by atoms with Crippen LogP contribution in [-0.2, 0) is 20.8 Å². The minimum atomic E-state index is -1.07. The predicted molar refractivity (Wildman–Crippen MR) is 90.9 cm³/mol. The summed E-state index contributed by atoms with van der Waals surface area (Å²) in [6.45, 7) is 1.73. The van der Waals surface area contributed by atoms with Gasteiger partial charge in [-0.25, -0.2) is 4.79 Å². The molecule has 3 rings (SSSR count). The highest BCUT2D eigenvalue weighted by Gasteiger charge is 2.65. The van der Waals surface area contributed by atoms with Crippen molar-refractivity contribution in [3.8, 4) is 0 Å². The normalized spacial score (nSPS) is 31.3. The molecule has 4 atom stereocenters. The zero-order valence-corrected chi connectivity index (χ0v) is 14.5. The van der Waals surface area contributed by atoms with Crippen LogP contribution in [0.4, 0.5) is 0 Å². The number of benzene rings is 1. The summed E-state index contributed by atoms with van der Waals surface area (Å²) in [5.41, 5.74) is 0.853. The van der Waals surface area contributed by atoms with Crippen LogP contribution in [-0.4, -0.2) is 55.9 Å².